The molecule has 0 saturated heterocycles. The number of nitrogens with one attached hydrogen (secondary N) is 1. The molecule has 0 aliphatic rings. The SMILES string of the molecule is O=C(O)CCNCS(=O)O. The third-order valence-corrected chi connectivity index (χ3v) is 1.19. The molecule has 0 aliphatic carbocycles. The van der Waals surface area contributed by atoms with Crippen molar-refractivity contribution in [2.45, 2.75) is 6.42 Å². The summed E-state index contributed by atoms with van der Waals surface area (Å²) < 4.78 is 18.1. The summed E-state index contributed by atoms with van der Waals surface area (Å²) in [6, 6.07) is 0. The van der Waals surface area contributed by atoms with Crippen LogP contribution in [0.4, 0.5) is 0 Å². The molecule has 0 aliphatic heterocycles. The van der Waals surface area contributed by atoms with E-state index in [0.29, 0.717) is 0 Å². The van der Waals surface area contributed by atoms with Gasteiger partial charge in [-0.05, 0) is 0 Å². The maximum Gasteiger partial charge on any atom is 0.304 e. The van der Waals surface area contributed by atoms with E-state index in [1.54, 1.807) is 0 Å². The summed E-state index contributed by atoms with van der Waals surface area (Å²) in [5.74, 6) is -0.996. The Labute approximate surface area is 60.7 Å². The normalized spacial score (nSPS) is 12.9. The second kappa shape index (κ2) is 5.33. The average Bonchev–Trinajstić information content (AvgIpc) is 1.79. The highest BCUT2D eigenvalue weighted by Crippen LogP contribution is 1.75. The van der Waals surface area contributed by atoms with Gasteiger partial charge in [0.15, 0.2) is 11.1 Å². The second-order valence-electron chi connectivity index (χ2n) is 1.61. The molecule has 0 aromatic rings. The highest BCUT2D eigenvalue weighted by Gasteiger charge is 1.96. The maximum atomic E-state index is 9.95. The minimum Gasteiger partial charge on any atom is -0.481 e. The van der Waals surface area contributed by atoms with Crippen molar-refractivity contribution in [3.05, 3.63) is 0 Å². The van der Waals surface area contributed by atoms with Gasteiger partial charge in [-0.25, -0.2) is 4.21 Å². The van der Waals surface area contributed by atoms with Crippen LogP contribution in [-0.4, -0.2) is 32.3 Å². The third kappa shape index (κ3) is 7.54. The molecule has 0 heterocycles. The van der Waals surface area contributed by atoms with Crippen LogP contribution >= 0.6 is 0 Å². The second-order valence-corrected chi connectivity index (χ2v) is 2.54. The average molecular weight is 167 g/mol. The van der Waals surface area contributed by atoms with E-state index in [-0.39, 0.29) is 18.8 Å². The van der Waals surface area contributed by atoms with Crippen LogP contribution < -0.4 is 5.32 Å². The lowest BCUT2D eigenvalue weighted by molar-refractivity contribution is -0.136. The topological polar surface area (TPSA) is 86.6 Å². The molecule has 0 rings (SSSR count). The fourth-order valence-electron chi connectivity index (χ4n) is 0.355. The van der Waals surface area contributed by atoms with Crippen LogP contribution in [0.15, 0.2) is 0 Å². The number of aliphatic carboxylic acids is 1. The first kappa shape index (κ1) is 9.54. The Balaban J connectivity index is 3.06. The van der Waals surface area contributed by atoms with E-state index in [2.05, 4.69) is 5.32 Å². The number of hydrogen-bond donors (Lipinski definition) is 3. The minimum atomic E-state index is -1.88. The smallest absolute Gasteiger partial charge is 0.304 e. The molecule has 0 fully saturated rings. The van der Waals surface area contributed by atoms with E-state index in [9.17, 15) is 9.00 Å². The summed E-state index contributed by atoms with van der Waals surface area (Å²) in [5, 5.41) is 10.6. The number of rotatable bonds is 5. The van der Waals surface area contributed by atoms with Gasteiger partial charge in [-0.15, -0.1) is 0 Å². The zero-order valence-electron chi connectivity index (χ0n) is 5.24. The summed E-state index contributed by atoms with van der Waals surface area (Å²) >= 11 is -1.88. The molecule has 0 aromatic carbocycles. The Bertz CT molecular complexity index is 121. The van der Waals surface area contributed by atoms with E-state index in [4.69, 9.17) is 9.66 Å². The van der Waals surface area contributed by atoms with Crippen molar-refractivity contribution in [3.63, 3.8) is 0 Å². The summed E-state index contributed by atoms with van der Waals surface area (Å²) in [4.78, 5) is 9.87. The Morgan fingerprint density at radius 1 is 1.60 bits per heavy atom. The molecular formula is C4H9NO4S. The molecule has 10 heavy (non-hydrogen) atoms. The molecule has 0 radical (unpaired) electrons. The number of carboxylic acid groups (broad SMARTS) is 1. The highest BCUT2D eigenvalue weighted by atomic mass is 32.2. The van der Waals surface area contributed by atoms with Gasteiger partial charge in [0.2, 0.25) is 0 Å². The molecule has 6 heteroatoms. The van der Waals surface area contributed by atoms with Crippen molar-refractivity contribution in [3.8, 4) is 0 Å². The van der Waals surface area contributed by atoms with Gasteiger partial charge in [0.1, 0.15) is 0 Å². The predicted molar refractivity (Wildman–Crippen MR) is 35.9 cm³/mol. The standard InChI is InChI=1S/C4H9NO4S/c6-4(7)1-2-5-3-10(8)9/h5H,1-3H2,(H,6,7)(H,8,9). The van der Waals surface area contributed by atoms with E-state index in [1.807, 2.05) is 0 Å². The molecule has 5 nitrogen and oxygen atoms in total. The van der Waals surface area contributed by atoms with Gasteiger partial charge >= 0.3 is 5.97 Å². The van der Waals surface area contributed by atoms with Crippen molar-refractivity contribution in [2.75, 3.05) is 12.4 Å². The van der Waals surface area contributed by atoms with Crippen molar-refractivity contribution < 1.29 is 18.7 Å². The van der Waals surface area contributed by atoms with Crippen LogP contribution in [0.25, 0.3) is 0 Å². The third-order valence-electron chi connectivity index (χ3n) is 0.741. The maximum absolute atomic E-state index is 9.95. The first-order valence-electron chi connectivity index (χ1n) is 2.63. The number of hydrogen-bond acceptors (Lipinski definition) is 3. The largest absolute Gasteiger partial charge is 0.481 e. The lowest BCUT2D eigenvalue weighted by Gasteiger charge is -1.96. The lowest BCUT2D eigenvalue weighted by atomic mass is 10.4. The van der Waals surface area contributed by atoms with Crippen LogP contribution in [0.3, 0.4) is 0 Å². The molecule has 0 amide bonds. The van der Waals surface area contributed by atoms with Crippen molar-refractivity contribution in [1.82, 2.24) is 5.32 Å². The lowest BCUT2D eigenvalue weighted by Crippen LogP contribution is -2.21. The molecule has 60 valence electrons. The van der Waals surface area contributed by atoms with Gasteiger partial charge in [0.05, 0.1) is 12.3 Å². The molecule has 0 bridgehead atoms. The van der Waals surface area contributed by atoms with Gasteiger partial charge in [-0.2, -0.15) is 0 Å². The van der Waals surface area contributed by atoms with Crippen LogP contribution in [0, 0.1) is 0 Å². The Morgan fingerprint density at radius 2 is 2.20 bits per heavy atom. The fourth-order valence-corrected chi connectivity index (χ4v) is 0.674. The Hall–Kier alpha value is -0.460. The van der Waals surface area contributed by atoms with Crippen molar-refractivity contribution >= 4 is 17.0 Å². The Morgan fingerprint density at radius 3 is 2.60 bits per heavy atom. The van der Waals surface area contributed by atoms with Crippen LogP contribution in [-0.2, 0) is 15.9 Å². The van der Waals surface area contributed by atoms with Crippen LogP contribution in [0.2, 0.25) is 0 Å². The summed E-state index contributed by atoms with van der Waals surface area (Å²) in [6.07, 6.45) is -0.0306. The fraction of sp³-hybridized carbons (Fsp3) is 0.750. The number of carbonyl (C=O) groups is 1. The summed E-state index contributed by atoms with van der Waals surface area (Å²) in [7, 11) is 0. The zero-order chi connectivity index (χ0) is 7.98. The molecular weight excluding hydrogens is 158 g/mol. The molecule has 3 N–H and O–H groups in total. The van der Waals surface area contributed by atoms with Gasteiger partial charge in [0, 0.05) is 6.54 Å². The zero-order valence-corrected chi connectivity index (χ0v) is 6.06. The molecule has 1 unspecified atom stereocenters. The van der Waals surface area contributed by atoms with Crippen molar-refractivity contribution in [2.24, 2.45) is 0 Å². The van der Waals surface area contributed by atoms with Crippen LogP contribution in [0.5, 0.6) is 0 Å². The first-order valence-corrected chi connectivity index (χ1v) is 3.90. The van der Waals surface area contributed by atoms with E-state index < -0.39 is 17.0 Å². The molecule has 1 atom stereocenters. The first-order chi connectivity index (χ1) is 4.63. The predicted octanol–water partition coefficient (Wildman–Crippen LogP) is -0.770. The quantitative estimate of drug-likeness (QED) is 0.370. The monoisotopic (exact) mass is 167 g/mol. The Kier molecular flexibility index (Phi) is 5.09. The van der Waals surface area contributed by atoms with E-state index in [0.717, 1.165) is 0 Å². The molecule has 0 spiro atoms. The molecule has 0 saturated carbocycles. The highest BCUT2D eigenvalue weighted by molar-refractivity contribution is 7.79. The minimum absolute atomic E-state index is 0.0306. The van der Waals surface area contributed by atoms with E-state index in [1.165, 1.54) is 0 Å². The van der Waals surface area contributed by atoms with Crippen LogP contribution in [0.1, 0.15) is 6.42 Å². The number of carboxylic acids is 1. The molecule has 0 aromatic heterocycles. The van der Waals surface area contributed by atoms with Gasteiger partial charge in [-0.1, -0.05) is 0 Å². The van der Waals surface area contributed by atoms with Gasteiger partial charge < -0.3 is 15.0 Å². The van der Waals surface area contributed by atoms with Gasteiger partial charge in [-0.3, -0.25) is 4.79 Å². The van der Waals surface area contributed by atoms with Crippen molar-refractivity contribution in [1.29, 1.82) is 0 Å². The van der Waals surface area contributed by atoms with Gasteiger partial charge in [0.25, 0.3) is 0 Å². The summed E-state index contributed by atoms with van der Waals surface area (Å²) in [5.41, 5.74) is 0. The summed E-state index contributed by atoms with van der Waals surface area (Å²) in [6.45, 7) is 0.224. The van der Waals surface area contributed by atoms with E-state index >= 15 is 0 Å².